The minimum absolute atomic E-state index is 0.124. The SMILES string of the molecule is CCCOc1ccc(/C=N\NC(=O)COc2cc(C)c(Br)cc2C(C)C)c(OCCC)c1. The van der Waals surface area contributed by atoms with Gasteiger partial charge < -0.3 is 14.2 Å². The molecule has 174 valence electrons. The number of benzene rings is 2. The Hall–Kier alpha value is -2.54. The van der Waals surface area contributed by atoms with Crippen LogP contribution in [0.2, 0.25) is 0 Å². The van der Waals surface area contributed by atoms with Crippen LogP contribution in [0.3, 0.4) is 0 Å². The zero-order valence-corrected chi connectivity index (χ0v) is 21.1. The quantitative estimate of drug-likeness (QED) is 0.284. The van der Waals surface area contributed by atoms with E-state index in [2.05, 4.69) is 47.2 Å². The molecule has 0 spiro atoms. The van der Waals surface area contributed by atoms with Gasteiger partial charge in [-0.1, -0.05) is 43.6 Å². The van der Waals surface area contributed by atoms with Crippen molar-refractivity contribution in [1.82, 2.24) is 5.43 Å². The van der Waals surface area contributed by atoms with Crippen molar-refractivity contribution in [3.05, 3.63) is 51.5 Å². The molecule has 2 aromatic rings. The summed E-state index contributed by atoms with van der Waals surface area (Å²) in [6.07, 6.45) is 3.38. The molecule has 0 aromatic heterocycles. The van der Waals surface area contributed by atoms with Crippen molar-refractivity contribution in [3.8, 4) is 17.2 Å². The third kappa shape index (κ3) is 7.86. The third-order valence-corrected chi connectivity index (χ3v) is 5.44. The molecule has 0 atom stereocenters. The fourth-order valence-electron chi connectivity index (χ4n) is 2.86. The molecule has 32 heavy (non-hydrogen) atoms. The lowest BCUT2D eigenvalue weighted by Crippen LogP contribution is -2.25. The van der Waals surface area contributed by atoms with Crippen molar-refractivity contribution >= 4 is 28.1 Å². The first-order valence-corrected chi connectivity index (χ1v) is 11.8. The van der Waals surface area contributed by atoms with Gasteiger partial charge in [0, 0.05) is 16.1 Å². The van der Waals surface area contributed by atoms with Crippen molar-refractivity contribution in [1.29, 1.82) is 0 Å². The number of carbonyl (C=O) groups is 1. The van der Waals surface area contributed by atoms with Crippen LogP contribution in [-0.2, 0) is 4.79 Å². The standard InChI is InChI=1S/C25H33BrN2O4/c1-6-10-30-20-9-8-19(23(13-20)31-11-7-2)15-27-28-25(29)16-32-24-12-18(5)22(26)14-21(24)17(3)4/h8-9,12-15,17H,6-7,10-11,16H2,1-5H3,(H,28,29)/b27-15-. The van der Waals surface area contributed by atoms with Gasteiger partial charge in [0.05, 0.1) is 19.4 Å². The molecule has 0 bridgehead atoms. The molecular formula is C25H33BrN2O4. The summed E-state index contributed by atoms with van der Waals surface area (Å²) in [5, 5.41) is 4.07. The van der Waals surface area contributed by atoms with E-state index in [1.165, 1.54) is 0 Å². The zero-order valence-electron chi connectivity index (χ0n) is 19.5. The number of nitrogens with zero attached hydrogens (tertiary/aromatic N) is 1. The molecule has 0 fully saturated rings. The lowest BCUT2D eigenvalue weighted by atomic mass is 10.0. The van der Waals surface area contributed by atoms with E-state index in [0.717, 1.165) is 39.8 Å². The van der Waals surface area contributed by atoms with Gasteiger partial charge in [-0.2, -0.15) is 5.10 Å². The molecule has 0 unspecified atom stereocenters. The first kappa shape index (κ1) is 25.7. The smallest absolute Gasteiger partial charge is 0.277 e. The normalized spacial score (nSPS) is 11.1. The summed E-state index contributed by atoms with van der Waals surface area (Å²) in [5.74, 6) is 2.06. The molecule has 6 nitrogen and oxygen atoms in total. The van der Waals surface area contributed by atoms with E-state index in [0.29, 0.717) is 24.7 Å². The van der Waals surface area contributed by atoms with Crippen LogP contribution in [0.4, 0.5) is 0 Å². The van der Waals surface area contributed by atoms with Crippen LogP contribution >= 0.6 is 15.9 Å². The molecule has 0 aliphatic carbocycles. The number of hydrogen-bond acceptors (Lipinski definition) is 5. The van der Waals surface area contributed by atoms with Gasteiger partial charge in [-0.3, -0.25) is 4.79 Å². The summed E-state index contributed by atoms with van der Waals surface area (Å²) in [6, 6.07) is 9.55. The summed E-state index contributed by atoms with van der Waals surface area (Å²) in [7, 11) is 0. The Morgan fingerprint density at radius 3 is 2.47 bits per heavy atom. The van der Waals surface area contributed by atoms with Gasteiger partial charge >= 0.3 is 0 Å². The summed E-state index contributed by atoms with van der Waals surface area (Å²) in [4.78, 5) is 12.3. The van der Waals surface area contributed by atoms with Crippen molar-refractivity contribution in [3.63, 3.8) is 0 Å². The van der Waals surface area contributed by atoms with Crippen LogP contribution in [0.1, 0.15) is 63.1 Å². The van der Waals surface area contributed by atoms with Crippen LogP contribution in [0, 0.1) is 6.92 Å². The highest BCUT2D eigenvalue weighted by Crippen LogP contribution is 2.32. The lowest BCUT2D eigenvalue weighted by Gasteiger charge is -2.15. The van der Waals surface area contributed by atoms with Gasteiger partial charge in [-0.25, -0.2) is 5.43 Å². The maximum absolute atomic E-state index is 12.3. The highest BCUT2D eigenvalue weighted by molar-refractivity contribution is 9.10. The van der Waals surface area contributed by atoms with Gasteiger partial charge in [0.25, 0.3) is 5.91 Å². The molecule has 7 heteroatoms. The number of ether oxygens (including phenoxy) is 3. The van der Waals surface area contributed by atoms with Crippen molar-refractivity contribution in [2.45, 2.75) is 53.4 Å². The molecule has 0 aliphatic rings. The van der Waals surface area contributed by atoms with E-state index >= 15 is 0 Å². The van der Waals surface area contributed by atoms with Gasteiger partial charge in [0.2, 0.25) is 0 Å². The Balaban J connectivity index is 2.00. The number of rotatable bonds is 12. The number of nitrogens with one attached hydrogen (secondary N) is 1. The van der Waals surface area contributed by atoms with E-state index in [1.807, 2.05) is 44.2 Å². The van der Waals surface area contributed by atoms with Gasteiger partial charge in [-0.15, -0.1) is 0 Å². The van der Waals surface area contributed by atoms with Crippen LogP contribution in [0.25, 0.3) is 0 Å². The predicted molar refractivity (Wildman–Crippen MR) is 132 cm³/mol. The average molecular weight is 505 g/mol. The Bertz CT molecular complexity index is 928. The topological polar surface area (TPSA) is 69.2 Å². The fourth-order valence-corrected chi connectivity index (χ4v) is 3.23. The molecule has 1 N–H and O–H groups in total. The second kappa shape index (κ2) is 13.1. The van der Waals surface area contributed by atoms with Crippen molar-refractivity contribution < 1.29 is 19.0 Å². The first-order valence-electron chi connectivity index (χ1n) is 11.0. The van der Waals surface area contributed by atoms with E-state index < -0.39 is 0 Å². The Labute approximate surface area is 199 Å². The molecule has 0 radical (unpaired) electrons. The van der Waals surface area contributed by atoms with E-state index in [4.69, 9.17) is 14.2 Å². The lowest BCUT2D eigenvalue weighted by molar-refractivity contribution is -0.123. The van der Waals surface area contributed by atoms with Crippen molar-refractivity contribution in [2.24, 2.45) is 5.10 Å². The maximum Gasteiger partial charge on any atom is 0.277 e. The maximum atomic E-state index is 12.3. The van der Waals surface area contributed by atoms with Crippen LogP contribution in [0.5, 0.6) is 17.2 Å². The van der Waals surface area contributed by atoms with Gasteiger partial charge in [0.15, 0.2) is 6.61 Å². The molecule has 2 rings (SSSR count). The molecule has 0 heterocycles. The van der Waals surface area contributed by atoms with Crippen LogP contribution in [-0.4, -0.2) is 31.9 Å². The highest BCUT2D eigenvalue weighted by atomic mass is 79.9. The summed E-state index contributed by atoms with van der Waals surface area (Å²) in [5.41, 5.74) is 5.37. The summed E-state index contributed by atoms with van der Waals surface area (Å²) < 4.78 is 18.3. The number of hydrogen-bond donors (Lipinski definition) is 1. The Morgan fingerprint density at radius 2 is 1.78 bits per heavy atom. The van der Waals surface area contributed by atoms with Gasteiger partial charge in [-0.05, 0) is 61.1 Å². The summed E-state index contributed by atoms with van der Waals surface area (Å²) >= 11 is 3.55. The van der Waals surface area contributed by atoms with E-state index in [9.17, 15) is 4.79 Å². The minimum Gasteiger partial charge on any atom is -0.493 e. The van der Waals surface area contributed by atoms with E-state index in [1.54, 1.807) is 6.21 Å². The number of hydrazone groups is 1. The zero-order chi connectivity index (χ0) is 23.5. The van der Waals surface area contributed by atoms with Crippen molar-refractivity contribution in [2.75, 3.05) is 19.8 Å². The largest absolute Gasteiger partial charge is 0.493 e. The van der Waals surface area contributed by atoms with E-state index in [-0.39, 0.29) is 18.4 Å². The number of aryl methyl sites for hydroxylation is 1. The van der Waals surface area contributed by atoms with Gasteiger partial charge in [0.1, 0.15) is 17.2 Å². The number of halogens is 1. The average Bonchev–Trinajstić information content (AvgIpc) is 2.77. The Kier molecular flexibility index (Phi) is 10.5. The molecular weight excluding hydrogens is 472 g/mol. The molecule has 0 aliphatic heterocycles. The predicted octanol–water partition coefficient (Wildman–Crippen LogP) is 5.99. The van der Waals surface area contributed by atoms with Crippen LogP contribution in [0.15, 0.2) is 39.9 Å². The minimum atomic E-state index is -0.338. The first-order chi connectivity index (χ1) is 15.3. The highest BCUT2D eigenvalue weighted by Gasteiger charge is 2.12. The Morgan fingerprint density at radius 1 is 1.06 bits per heavy atom. The molecule has 1 amide bonds. The second-order valence-electron chi connectivity index (χ2n) is 7.77. The number of amides is 1. The molecule has 0 saturated heterocycles. The second-order valence-corrected chi connectivity index (χ2v) is 8.63. The van der Waals surface area contributed by atoms with Crippen LogP contribution < -0.4 is 19.6 Å². The summed E-state index contributed by atoms with van der Waals surface area (Å²) in [6.45, 7) is 11.4. The number of carbonyl (C=O) groups excluding carboxylic acids is 1. The molecule has 0 saturated carbocycles. The molecule has 2 aromatic carbocycles. The monoisotopic (exact) mass is 504 g/mol. The third-order valence-electron chi connectivity index (χ3n) is 4.58. The fraction of sp³-hybridized carbons (Fsp3) is 0.440.